The zero-order valence-electron chi connectivity index (χ0n) is 12.4. The number of benzene rings is 1. The molecule has 0 spiro atoms. The summed E-state index contributed by atoms with van der Waals surface area (Å²) in [5.41, 5.74) is 2.64. The molecule has 2 saturated heterocycles. The summed E-state index contributed by atoms with van der Waals surface area (Å²) in [5.74, 6) is 1.22. The first kappa shape index (κ1) is 13.6. The molecular formula is C17H24N2O2. The lowest BCUT2D eigenvalue weighted by molar-refractivity contribution is -0.0602. The van der Waals surface area contributed by atoms with Gasteiger partial charge in [-0.3, -0.25) is 4.90 Å². The Balaban J connectivity index is 1.51. The van der Waals surface area contributed by atoms with Crippen molar-refractivity contribution in [3.05, 3.63) is 29.8 Å². The number of rotatable bonds is 3. The minimum atomic E-state index is 0.263. The second kappa shape index (κ2) is 5.59. The summed E-state index contributed by atoms with van der Waals surface area (Å²) in [6.45, 7) is 4.18. The molecule has 0 aliphatic carbocycles. The summed E-state index contributed by atoms with van der Waals surface area (Å²) < 4.78 is 5.46. The molecule has 0 saturated carbocycles. The van der Waals surface area contributed by atoms with Crippen LogP contribution in [-0.2, 0) is 4.74 Å². The number of anilines is 1. The Morgan fingerprint density at radius 2 is 2.05 bits per heavy atom. The molecule has 1 aromatic carbocycles. The highest BCUT2D eigenvalue weighted by molar-refractivity contribution is 5.57. The van der Waals surface area contributed by atoms with Crippen LogP contribution in [0.1, 0.15) is 24.3 Å². The molecule has 21 heavy (non-hydrogen) atoms. The van der Waals surface area contributed by atoms with Crippen LogP contribution in [0.25, 0.3) is 0 Å². The van der Waals surface area contributed by atoms with Crippen LogP contribution >= 0.6 is 0 Å². The van der Waals surface area contributed by atoms with Crippen LogP contribution in [0.15, 0.2) is 24.3 Å². The number of aliphatic hydroxyl groups excluding tert-OH is 1. The molecule has 2 N–H and O–H groups in total. The summed E-state index contributed by atoms with van der Waals surface area (Å²) in [6, 6.07) is 9.40. The van der Waals surface area contributed by atoms with Crippen molar-refractivity contribution in [3.8, 4) is 0 Å². The van der Waals surface area contributed by atoms with Crippen molar-refractivity contribution in [3.63, 3.8) is 0 Å². The number of fused-ring (bicyclic) bond motifs is 3. The molecule has 0 bridgehead atoms. The van der Waals surface area contributed by atoms with E-state index in [2.05, 4.69) is 34.5 Å². The number of aliphatic hydroxyl groups is 1. The number of nitrogens with zero attached hydrogens (tertiary/aromatic N) is 1. The predicted molar refractivity (Wildman–Crippen MR) is 82.6 cm³/mol. The fourth-order valence-electron chi connectivity index (χ4n) is 4.35. The second-order valence-electron chi connectivity index (χ2n) is 6.56. The van der Waals surface area contributed by atoms with Gasteiger partial charge in [-0.2, -0.15) is 0 Å². The summed E-state index contributed by atoms with van der Waals surface area (Å²) in [7, 11) is 0. The Labute approximate surface area is 126 Å². The molecule has 4 heteroatoms. The quantitative estimate of drug-likeness (QED) is 0.888. The van der Waals surface area contributed by atoms with Crippen molar-refractivity contribution in [1.29, 1.82) is 0 Å². The van der Waals surface area contributed by atoms with Crippen LogP contribution in [0, 0.1) is 5.92 Å². The molecule has 3 atom stereocenters. The summed E-state index contributed by atoms with van der Waals surface area (Å²) >= 11 is 0. The van der Waals surface area contributed by atoms with Crippen LogP contribution in [0.5, 0.6) is 0 Å². The molecule has 3 heterocycles. The molecule has 0 unspecified atom stereocenters. The zero-order valence-corrected chi connectivity index (χ0v) is 12.4. The molecule has 4 nitrogen and oxygen atoms in total. The molecular weight excluding hydrogens is 264 g/mol. The maximum Gasteiger partial charge on any atom is 0.0593 e. The smallest absolute Gasteiger partial charge is 0.0593 e. The molecule has 114 valence electrons. The van der Waals surface area contributed by atoms with E-state index in [4.69, 9.17) is 4.74 Å². The fraction of sp³-hybridized carbons (Fsp3) is 0.647. The number of likely N-dealkylation sites (tertiary alicyclic amines) is 1. The van der Waals surface area contributed by atoms with E-state index < -0.39 is 0 Å². The van der Waals surface area contributed by atoms with Gasteiger partial charge in [-0.1, -0.05) is 18.2 Å². The van der Waals surface area contributed by atoms with Crippen molar-refractivity contribution in [2.45, 2.75) is 30.8 Å². The monoisotopic (exact) mass is 288 g/mol. The van der Waals surface area contributed by atoms with E-state index in [0.717, 1.165) is 45.1 Å². The van der Waals surface area contributed by atoms with Crippen molar-refractivity contribution < 1.29 is 9.84 Å². The van der Waals surface area contributed by atoms with Gasteiger partial charge in [-0.05, 0) is 30.4 Å². The van der Waals surface area contributed by atoms with Crippen molar-refractivity contribution in [2.75, 3.05) is 38.2 Å². The predicted octanol–water partition coefficient (Wildman–Crippen LogP) is 1.67. The topological polar surface area (TPSA) is 44.7 Å². The van der Waals surface area contributed by atoms with Gasteiger partial charge in [0, 0.05) is 50.0 Å². The Morgan fingerprint density at radius 1 is 1.24 bits per heavy atom. The van der Waals surface area contributed by atoms with E-state index in [-0.39, 0.29) is 6.61 Å². The number of ether oxygens (including phenoxy) is 1. The van der Waals surface area contributed by atoms with Gasteiger partial charge in [0.2, 0.25) is 0 Å². The van der Waals surface area contributed by atoms with Crippen molar-refractivity contribution >= 4 is 5.69 Å². The summed E-state index contributed by atoms with van der Waals surface area (Å²) in [6.07, 6.45) is 2.33. The minimum Gasteiger partial charge on any atom is -0.395 e. The Kier molecular flexibility index (Phi) is 3.61. The van der Waals surface area contributed by atoms with Crippen LogP contribution in [0.3, 0.4) is 0 Å². The van der Waals surface area contributed by atoms with Gasteiger partial charge in [-0.15, -0.1) is 0 Å². The lowest BCUT2D eigenvalue weighted by Crippen LogP contribution is -2.68. The lowest BCUT2D eigenvalue weighted by Gasteiger charge is -2.58. The normalized spacial score (nSPS) is 32.7. The highest BCUT2D eigenvalue weighted by Crippen LogP contribution is 2.46. The molecule has 0 amide bonds. The van der Waals surface area contributed by atoms with Crippen molar-refractivity contribution in [2.24, 2.45) is 5.92 Å². The third kappa shape index (κ3) is 2.26. The first-order chi connectivity index (χ1) is 10.4. The highest BCUT2D eigenvalue weighted by atomic mass is 16.5. The van der Waals surface area contributed by atoms with Gasteiger partial charge in [-0.25, -0.2) is 0 Å². The lowest BCUT2D eigenvalue weighted by atomic mass is 9.72. The first-order valence-electron chi connectivity index (χ1n) is 8.15. The largest absolute Gasteiger partial charge is 0.395 e. The van der Waals surface area contributed by atoms with Crippen LogP contribution < -0.4 is 5.32 Å². The fourth-order valence-corrected chi connectivity index (χ4v) is 4.35. The van der Waals surface area contributed by atoms with E-state index in [0.29, 0.717) is 18.0 Å². The van der Waals surface area contributed by atoms with E-state index in [1.165, 1.54) is 11.3 Å². The number of nitrogens with one attached hydrogen (secondary N) is 1. The molecule has 0 radical (unpaired) electrons. The number of hydrogen-bond acceptors (Lipinski definition) is 4. The maximum absolute atomic E-state index is 9.86. The first-order valence-corrected chi connectivity index (χ1v) is 8.15. The average Bonchev–Trinajstić information content (AvgIpc) is 2.54. The SMILES string of the molecule is OC[C@@H]1[C@@H]2c3ccccc3NC[C@@H]2N1CC1CCOCC1. The molecule has 1 aromatic rings. The molecule has 4 rings (SSSR count). The Hall–Kier alpha value is -1.10. The van der Waals surface area contributed by atoms with E-state index in [1.54, 1.807) is 0 Å². The van der Waals surface area contributed by atoms with Crippen LogP contribution in [0.4, 0.5) is 5.69 Å². The van der Waals surface area contributed by atoms with Crippen LogP contribution in [0.2, 0.25) is 0 Å². The number of hydrogen-bond donors (Lipinski definition) is 2. The van der Waals surface area contributed by atoms with Gasteiger partial charge in [0.15, 0.2) is 0 Å². The van der Waals surface area contributed by atoms with Gasteiger partial charge < -0.3 is 15.2 Å². The molecule has 3 aliphatic heterocycles. The highest BCUT2D eigenvalue weighted by Gasteiger charge is 2.51. The summed E-state index contributed by atoms with van der Waals surface area (Å²) in [4.78, 5) is 2.53. The van der Waals surface area contributed by atoms with Gasteiger partial charge >= 0.3 is 0 Å². The second-order valence-corrected chi connectivity index (χ2v) is 6.56. The van der Waals surface area contributed by atoms with Gasteiger partial charge in [0.25, 0.3) is 0 Å². The average molecular weight is 288 g/mol. The van der Waals surface area contributed by atoms with E-state index in [9.17, 15) is 5.11 Å². The maximum atomic E-state index is 9.86. The molecule has 3 aliphatic rings. The number of para-hydroxylation sites is 1. The third-order valence-corrected chi connectivity index (χ3v) is 5.50. The van der Waals surface area contributed by atoms with Gasteiger partial charge in [0.05, 0.1) is 6.61 Å². The molecule has 2 fully saturated rings. The minimum absolute atomic E-state index is 0.263. The molecule has 0 aromatic heterocycles. The van der Waals surface area contributed by atoms with Crippen molar-refractivity contribution in [1.82, 2.24) is 4.90 Å². The summed E-state index contributed by atoms with van der Waals surface area (Å²) in [5, 5.41) is 13.4. The Morgan fingerprint density at radius 3 is 2.86 bits per heavy atom. The van der Waals surface area contributed by atoms with E-state index >= 15 is 0 Å². The van der Waals surface area contributed by atoms with E-state index in [1.807, 2.05) is 0 Å². The standard InChI is InChI=1S/C17H24N2O2/c20-11-16-17-13-3-1-2-4-14(13)18-9-15(17)19(16)10-12-5-7-21-8-6-12/h1-4,12,15-18,20H,5-11H2/t15-,16+,17+/m0/s1. The zero-order chi connectivity index (χ0) is 14.2. The van der Waals surface area contributed by atoms with Crippen LogP contribution in [-0.4, -0.2) is 55.0 Å². The third-order valence-electron chi connectivity index (χ3n) is 5.50. The Bertz CT molecular complexity index is 501. The van der Waals surface area contributed by atoms with Gasteiger partial charge in [0.1, 0.15) is 0 Å².